The van der Waals surface area contributed by atoms with Crippen LogP contribution in [-0.2, 0) is 0 Å². The van der Waals surface area contributed by atoms with Crippen molar-refractivity contribution in [2.24, 2.45) is 0 Å². The molecule has 2 aromatic rings. The summed E-state index contributed by atoms with van der Waals surface area (Å²) in [6.45, 7) is 1.88. The normalized spacial score (nSPS) is 20.3. The van der Waals surface area contributed by atoms with Gasteiger partial charge in [0.05, 0.1) is 11.3 Å². The smallest absolute Gasteiger partial charge is 0.101 e. The fourth-order valence-electron chi connectivity index (χ4n) is 3.49. The highest BCUT2D eigenvalue weighted by Gasteiger charge is 2.34. The number of rotatable bonds is 3. The van der Waals surface area contributed by atoms with Gasteiger partial charge in [0.2, 0.25) is 0 Å². The molecule has 3 rings (SSSR count). The summed E-state index contributed by atoms with van der Waals surface area (Å²) in [5.74, 6) is 0.345. The van der Waals surface area contributed by atoms with E-state index >= 15 is 0 Å². The molecule has 0 spiro atoms. The third-order valence-electron chi connectivity index (χ3n) is 4.76. The number of halogens is 1. The highest BCUT2D eigenvalue weighted by Crippen LogP contribution is 2.40. The minimum Gasteiger partial charge on any atom is -0.397 e. The molecular formula is C19H21IN4. The summed E-state index contributed by atoms with van der Waals surface area (Å²) < 4.78 is 1.01. The van der Waals surface area contributed by atoms with Gasteiger partial charge in [0.25, 0.3) is 0 Å². The van der Waals surface area contributed by atoms with Crippen LogP contribution >= 0.6 is 22.6 Å². The van der Waals surface area contributed by atoms with Gasteiger partial charge in [-0.25, -0.2) is 0 Å². The first kappa shape index (κ1) is 17.2. The van der Waals surface area contributed by atoms with Gasteiger partial charge in [-0.3, -0.25) is 0 Å². The Morgan fingerprint density at radius 2 is 1.96 bits per heavy atom. The van der Waals surface area contributed by atoms with Crippen LogP contribution in [-0.4, -0.2) is 38.1 Å². The molecule has 1 aliphatic rings. The van der Waals surface area contributed by atoms with Crippen LogP contribution in [0.1, 0.15) is 17.0 Å². The van der Waals surface area contributed by atoms with Crippen LogP contribution in [0, 0.1) is 14.9 Å². The molecule has 1 aliphatic heterocycles. The summed E-state index contributed by atoms with van der Waals surface area (Å²) in [5.41, 5.74) is 10.9. The van der Waals surface area contributed by atoms with Gasteiger partial charge in [-0.2, -0.15) is 5.26 Å². The SMILES string of the molecule is CN(C)C1CNCC1c1c(-c2ccccc2)cc(C#N)c(N)c1I. The highest BCUT2D eigenvalue weighted by atomic mass is 127. The first-order valence-corrected chi connectivity index (χ1v) is 9.07. The second kappa shape index (κ2) is 7.09. The lowest BCUT2D eigenvalue weighted by atomic mass is 9.85. The van der Waals surface area contributed by atoms with Crippen molar-refractivity contribution in [3.05, 3.63) is 51.1 Å². The van der Waals surface area contributed by atoms with Crippen molar-refractivity contribution >= 4 is 28.3 Å². The average molecular weight is 432 g/mol. The van der Waals surface area contributed by atoms with Crippen LogP contribution < -0.4 is 11.1 Å². The molecule has 124 valence electrons. The van der Waals surface area contributed by atoms with Crippen molar-refractivity contribution in [1.82, 2.24) is 10.2 Å². The first-order valence-electron chi connectivity index (χ1n) is 7.99. The Labute approximate surface area is 156 Å². The van der Waals surface area contributed by atoms with Crippen molar-refractivity contribution in [2.45, 2.75) is 12.0 Å². The van der Waals surface area contributed by atoms with Gasteiger partial charge in [-0.05, 0) is 59.4 Å². The topological polar surface area (TPSA) is 65.1 Å². The van der Waals surface area contributed by atoms with Crippen molar-refractivity contribution in [3.63, 3.8) is 0 Å². The lowest BCUT2D eigenvalue weighted by Crippen LogP contribution is -2.34. The maximum absolute atomic E-state index is 9.46. The number of nitrogens with two attached hydrogens (primary N) is 1. The molecule has 1 fully saturated rings. The molecule has 2 atom stereocenters. The zero-order valence-electron chi connectivity index (χ0n) is 13.9. The number of nitrogen functional groups attached to an aromatic ring is 1. The van der Waals surface area contributed by atoms with Crippen LogP contribution in [0.5, 0.6) is 0 Å². The van der Waals surface area contributed by atoms with E-state index < -0.39 is 0 Å². The quantitative estimate of drug-likeness (QED) is 0.578. The van der Waals surface area contributed by atoms with Crippen molar-refractivity contribution in [2.75, 3.05) is 32.9 Å². The minimum absolute atomic E-state index is 0.345. The molecule has 2 unspecified atom stereocenters. The lowest BCUT2D eigenvalue weighted by molar-refractivity contribution is 0.291. The van der Waals surface area contributed by atoms with Crippen LogP contribution in [0.25, 0.3) is 11.1 Å². The number of benzene rings is 2. The predicted molar refractivity (Wildman–Crippen MR) is 107 cm³/mol. The standard InChI is InChI=1S/C19H21IN4/c1-24(2)16-11-23-10-15(16)17-14(12-6-4-3-5-7-12)8-13(9-21)19(22)18(17)20/h3-8,15-16,23H,10-11,22H2,1-2H3. The molecule has 4 nitrogen and oxygen atoms in total. The maximum Gasteiger partial charge on any atom is 0.101 e. The lowest BCUT2D eigenvalue weighted by Gasteiger charge is -2.29. The Kier molecular flexibility index (Phi) is 5.09. The number of nitrogens with one attached hydrogen (secondary N) is 1. The van der Waals surface area contributed by atoms with Crippen LogP contribution in [0.15, 0.2) is 36.4 Å². The van der Waals surface area contributed by atoms with E-state index in [0.717, 1.165) is 27.8 Å². The van der Waals surface area contributed by atoms with E-state index in [2.05, 4.69) is 65.1 Å². The fourth-order valence-corrected chi connectivity index (χ4v) is 4.48. The van der Waals surface area contributed by atoms with Crippen molar-refractivity contribution in [3.8, 4) is 17.2 Å². The van der Waals surface area contributed by atoms with E-state index in [0.29, 0.717) is 23.2 Å². The Balaban J connectivity index is 2.24. The first-order chi connectivity index (χ1) is 11.5. The molecule has 0 aromatic heterocycles. The summed E-state index contributed by atoms with van der Waals surface area (Å²) in [6.07, 6.45) is 0. The second-order valence-electron chi connectivity index (χ2n) is 6.39. The fraction of sp³-hybridized carbons (Fsp3) is 0.316. The Morgan fingerprint density at radius 1 is 1.25 bits per heavy atom. The molecule has 3 N–H and O–H groups in total. The third-order valence-corrected chi connectivity index (χ3v) is 5.93. The van der Waals surface area contributed by atoms with Crippen LogP contribution in [0.4, 0.5) is 5.69 Å². The molecule has 24 heavy (non-hydrogen) atoms. The summed E-state index contributed by atoms with van der Waals surface area (Å²) in [7, 11) is 4.24. The van der Waals surface area contributed by atoms with Gasteiger partial charge in [0.15, 0.2) is 0 Å². The summed E-state index contributed by atoms with van der Waals surface area (Å²) in [5, 5.41) is 13.0. The van der Waals surface area contributed by atoms with E-state index in [1.807, 2.05) is 24.3 Å². The molecule has 0 aliphatic carbocycles. The molecule has 1 heterocycles. The third kappa shape index (κ3) is 3.02. The molecule has 0 saturated carbocycles. The zero-order chi connectivity index (χ0) is 17.3. The summed E-state index contributed by atoms with van der Waals surface area (Å²) >= 11 is 2.31. The van der Waals surface area contributed by atoms with Crippen molar-refractivity contribution < 1.29 is 0 Å². The monoisotopic (exact) mass is 432 g/mol. The largest absolute Gasteiger partial charge is 0.397 e. The number of nitrogens with zero attached hydrogens (tertiary/aromatic N) is 2. The molecule has 0 amide bonds. The van der Waals surface area contributed by atoms with Gasteiger partial charge < -0.3 is 16.0 Å². The van der Waals surface area contributed by atoms with Gasteiger partial charge in [0.1, 0.15) is 6.07 Å². The molecular weight excluding hydrogens is 411 g/mol. The van der Waals surface area contributed by atoms with Crippen LogP contribution in [0.2, 0.25) is 0 Å². The average Bonchev–Trinajstić information content (AvgIpc) is 3.07. The summed E-state index contributed by atoms with van der Waals surface area (Å²) in [4.78, 5) is 2.27. The minimum atomic E-state index is 0.345. The molecule has 2 aromatic carbocycles. The molecule has 1 saturated heterocycles. The Hall–Kier alpha value is -1.62. The van der Waals surface area contributed by atoms with E-state index in [-0.39, 0.29) is 0 Å². The molecule has 5 heteroatoms. The number of likely N-dealkylation sites (N-methyl/N-ethyl adjacent to an activating group) is 1. The predicted octanol–water partition coefficient (Wildman–Crippen LogP) is 3.03. The van der Waals surface area contributed by atoms with Crippen LogP contribution in [0.3, 0.4) is 0 Å². The zero-order valence-corrected chi connectivity index (χ0v) is 16.0. The van der Waals surface area contributed by atoms with E-state index in [4.69, 9.17) is 5.73 Å². The van der Waals surface area contributed by atoms with Gasteiger partial charge in [-0.1, -0.05) is 30.3 Å². The van der Waals surface area contributed by atoms with Gasteiger partial charge in [-0.15, -0.1) is 0 Å². The Bertz CT molecular complexity index is 780. The van der Waals surface area contributed by atoms with Crippen molar-refractivity contribution in [1.29, 1.82) is 5.26 Å². The van der Waals surface area contributed by atoms with E-state index in [9.17, 15) is 5.26 Å². The molecule has 0 bridgehead atoms. The van der Waals surface area contributed by atoms with E-state index in [1.54, 1.807) is 0 Å². The van der Waals surface area contributed by atoms with E-state index in [1.165, 1.54) is 5.56 Å². The van der Waals surface area contributed by atoms with Gasteiger partial charge >= 0.3 is 0 Å². The van der Waals surface area contributed by atoms with Gasteiger partial charge in [0, 0.05) is 28.6 Å². The number of anilines is 1. The molecule has 0 radical (unpaired) electrons. The number of hydrogen-bond acceptors (Lipinski definition) is 4. The number of hydrogen-bond donors (Lipinski definition) is 2. The summed E-state index contributed by atoms with van der Waals surface area (Å²) in [6, 6.07) is 14.9. The number of nitriles is 1. The maximum atomic E-state index is 9.46. The highest BCUT2D eigenvalue weighted by molar-refractivity contribution is 14.1. The second-order valence-corrected chi connectivity index (χ2v) is 7.47. The Morgan fingerprint density at radius 3 is 2.58 bits per heavy atom.